The Morgan fingerprint density at radius 3 is 0.822 bits per heavy atom. The predicted molar refractivity (Wildman–Crippen MR) is 386 cm³/mol. The molecule has 0 saturated carbocycles. The third-order valence-corrected chi connectivity index (χ3v) is 17.1. The molecule has 0 radical (unpaired) electrons. The van der Waals surface area contributed by atoms with E-state index in [2.05, 4.69) is 392 Å². The lowest BCUT2D eigenvalue weighted by atomic mass is 10.0. The zero-order chi connectivity index (χ0) is 60.6. The van der Waals surface area contributed by atoms with Crippen molar-refractivity contribution in [1.82, 2.24) is 0 Å². The zero-order valence-electron chi connectivity index (χ0n) is 50.4. The molecule has 15 aromatic rings. The van der Waals surface area contributed by atoms with Crippen LogP contribution >= 0.6 is 0 Å². The fraction of sp³-hybridized carbons (Fsp3) is 0.0233. The van der Waals surface area contributed by atoms with Gasteiger partial charge in [0.1, 0.15) is 0 Å². The van der Waals surface area contributed by atoms with E-state index in [1.807, 2.05) is 6.07 Å². The van der Waals surface area contributed by atoms with E-state index >= 15 is 0 Å². The molecule has 15 rings (SSSR count). The Bertz CT molecular complexity index is 4860. The van der Waals surface area contributed by atoms with E-state index in [0.29, 0.717) is 0 Å². The normalized spacial score (nSPS) is 11.0. The number of para-hydroxylation sites is 1. The Labute approximate surface area is 528 Å². The molecule has 0 fully saturated rings. The van der Waals surface area contributed by atoms with Crippen LogP contribution in [-0.4, -0.2) is 14.1 Å². The minimum atomic E-state index is 1.11. The Balaban J connectivity index is 0.000000158. The van der Waals surface area contributed by atoms with E-state index < -0.39 is 0 Å². The smallest absolute Gasteiger partial charge is 0.0487 e. The highest BCUT2D eigenvalue weighted by atomic mass is 15.1. The molecule has 0 N–H and O–H groups in total. The SMILES string of the molecule is CN(c1ccc(-c2ccc(N(c3ccc(-c4ccccc4)cc3)c3ccc4ccccc4c3)cc2)cc1)c1cccc2ccccc12.CN(c1ccccc1)c1ccc(-c2ccc(N(c3ccc(-c4ccccc4)cc3)c3ccc4ccccc4c3)cc2)cc1. The van der Waals surface area contributed by atoms with Crippen molar-refractivity contribution in [1.29, 1.82) is 0 Å². The van der Waals surface area contributed by atoms with E-state index in [-0.39, 0.29) is 0 Å². The summed E-state index contributed by atoms with van der Waals surface area (Å²) in [7, 11) is 4.24. The Hall–Kier alpha value is -11.7. The summed E-state index contributed by atoms with van der Waals surface area (Å²) in [6.45, 7) is 0. The molecule has 0 aromatic heterocycles. The summed E-state index contributed by atoms with van der Waals surface area (Å²) in [5.41, 5.74) is 21.0. The first kappa shape index (κ1) is 56.1. The highest BCUT2D eigenvalue weighted by Crippen LogP contribution is 2.41. The number of benzene rings is 15. The summed E-state index contributed by atoms with van der Waals surface area (Å²) >= 11 is 0. The number of anilines is 10. The largest absolute Gasteiger partial charge is 0.345 e. The van der Waals surface area contributed by atoms with Crippen molar-refractivity contribution < 1.29 is 0 Å². The van der Waals surface area contributed by atoms with Crippen LogP contribution in [0.5, 0.6) is 0 Å². The Kier molecular flexibility index (Phi) is 16.0. The first-order chi connectivity index (χ1) is 44.4. The Morgan fingerprint density at radius 2 is 0.433 bits per heavy atom. The molecule has 0 saturated heterocycles. The van der Waals surface area contributed by atoms with Gasteiger partial charge in [0.25, 0.3) is 0 Å². The predicted octanol–water partition coefficient (Wildman–Crippen LogP) is 24.0. The monoisotopic (exact) mass is 1150 g/mol. The van der Waals surface area contributed by atoms with Gasteiger partial charge in [-0.2, -0.15) is 0 Å². The summed E-state index contributed by atoms with van der Waals surface area (Å²) < 4.78 is 0. The zero-order valence-corrected chi connectivity index (χ0v) is 50.4. The van der Waals surface area contributed by atoms with Crippen LogP contribution in [-0.2, 0) is 0 Å². The molecule has 90 heavy (non-hydrogen) atoms. The second-order valence-electron chi connectivity index (χ2n) is 22.7. The third-order valence-electron chi connectivity index (χ3n) is 17.1. The molecule has 0 atom stereocenters. The fourth-order valence-electron chi connectivity index (χ4n) is 12.2. The number of hydrogen-bond acceptors (Lipinski definition) is 4. The highest BCUT2D eigenvalue weighted by molar-refractivity contribution is 5.97. The van der Waals surface area contributed by atoms with Crippen LogP contribution in [0.3, 0.4) is 0 Å². The van der Waals surface area contributed by atoms with Crippen LogP contribution in [0, 0.1) is 0 Å². The van der Waals surface area contributed by atoms with Gasteiger partial charge in [-0.25, -0.2) is 0 Å². The molecule has 4 heteroatoms. The van der Waals surface area contributed by atoms with Gasteiger partial charge in [-0.3, -0.25) is 0 Å². The molecule has 0 heterocycles. The van der Waals surface area contributed by atoms with E-state index in [4.69, 9.17) is 0 Å². The van der Waals surface area contributed by atoms with Gasteiger partial charge in [0, 0.05) is 76.4 Å². The molecule has 0 amide bonds. The number of hydrogen-bond donors (Lipinski definition) is 0. The third kappa shape index (κ3) is 12.1. The van der Waals surface area contributed by atoms with E-state index in [9.17, 15) is 0 Å². The first-order valence-corrected chi connectivity index (χ1v) is 30.7. The van der Waals surface area contributed by atoms with E-state index in [1.54, 1.807) is 0 Å². The lowest BCUT2D eigenvalue weighted by Crippen LogP contribution is -2.10. The summed E-state index contributed by atoms with van der Waals surface area (Å²) in [5, 5.41) is 7.42. The van der Waals surface area contributed by atoms with Gasteiger partial charge in [-0.15, -0.1) is 0 Å². The van der Waals surface area contributed by atoms with Gasteiger partial charge in [-0.1, -0.05) is 249 Å². The molecule has 430 valence electrons. The summed E-state index contributed by atoms with van der Waals surface area (Å²) in [4.78, 5) is 9.15. The summed E-state index contributed by atoms with van der Waals surface area (Å²) in [6, 6.07) is 130. The molecule has 0 unspecified atom stereocenters. The quantitative estimate of drug-likeness (QED) is 0.108. The van der Waals surface area contributed by atoms with Crippen molar-refractivity contribution >= 4 is 89.2 Å². The van der Waals surface area contributed by atoms with Gasteiger partial charge < -0.3 is 19.6 Å². The molecule has 15 aromatic carbocycles. The number of fused-ring (bicyclic) bond motifs is 3. The van der Waals surface area contributed by atoms with Gasteiger partial charge in [0.2, 0.25) is 0 Å². The van der Waals surface area contributed by atoms with E-state index in [1.165, 1.54) is 88.2 Å². The maximum Gasteiger partial charge on any atom is 0.0487 e. The van der Waals surface area contributed by atoms with Crippen LogP contribution < -0.4 is 19.6 Å². The average Bonchev–Trinajstić information content (AvgIpc) is 1.55. The average molecular weight is 1160 g/mol. The number of nitrogens with zero attached hydrogens (tertiary/aromatic N) is 4. The summed E-state index contributed by atoms with van der Waals surface area (Å²) in [5.74, 6) is 0. The van der Waals surface area contributed by atoms with Crippen molar-refractivity contribution in [2.45, 2.75) is 0 Å². The lowest BCUT2D eigenvalue weighted by Gasteiger charge is -2.26. The van der Waals surface area contributed by atoms with Gasteiger partial charge >= 0.3 is 0 Å². The van der Waals surface area contributed by atoms with Crippen molar-refractivity contribution in [3.8, 4) is 44.5 Å². The topological polar surface area (TPSA) is 13.0 Å². The number of rotatable bonds is 14. The molecule has 0 spiro atoms. The maximum absolute atomic E-state index is 2.34. The molecule has 4 nitrogen and oxygen atoms in total. The van der Waals surface area contributed by atoms with Crippen LogP contribution in [0.2, 0.25) is 0 Å². The van der Waals surface area contributed by atoms with Gasteiger partial charge in [-0.05, 0) is 187 Å². The van der Waals surface area contributed by atoms with Crippen molar-refractivity contribution in [2.24, 2.45) is 0 Å². The van der Waals surface area contributed by atoms with Crippen molar-refractivity contribution in [2.75, 3.05) is 33.7 Å². The molecular weight excluding hydrogens is 1090 g/mol. The molecule has 0 bridgehead atoms. The fourth-order valence-corrected chi connectivity index (χ4v) is 12.2. The van der Waals surface area contributed by atoms with Crippen LogP contribution in [0.1, 0.15) is 0 Å². The molecule has 0 aliphatic rings. The minimum Gasteiger partial charge on any atom is -0.345 e. The molecule has 0 aliphatic heterocycles. The van der Waals surface area contributed by atoms with E-state index in [0.717, 1.165) is 45.5 Å². The van der Waals surface area contributed by atoms with Gasteiger partial charge in [0.15, 0.2) is 0 Å². The van der Waals surface area contributed by atoms with Crippen molar-refractivity contribution in [3.63, 3.8) is 0 Å². The molecular formula is C86H66N4. The molecule has 0 aliphatic carbocycles. The van der Waals surface area contributed by atoms with Crippen molar-refractivity contribution in [3.05, 3.63) is 364 Å². The van der Waals surface area contributed by atoms with Crippen LogP contribution in [0.25, 0.3) is 76.8 Å². The van der Waals surface area contributed by atoms with Crippen LogP contribution in [0.4, 0.5) is 56.9 Å². The standard InChI is InChI=1S/C45H34N2.C41H32N2/c1-46(45-17-9-15-38-13-7-8-16-44(38)45)40-25-18-36(19-26-40)37-22-29-42(30-23-37)47(43-31-24-34-12-5-6-14-39(34)32-43)41-27-20-35(21-28-41)33-10-3-2-4-11-33;1-42(37-14-6-3-7-15-37)38-23-16-34(17-24-38)35-20-27-40(28-21-35)43(41-29-22-32-12-8-9-13-36(32)30-41)39-25-18-33(19-26-39)31-10-4-2-5-11-31/h2-32H,1H3;2-30H,1H3. The second-order valence-corrected chi connectivity index (χ2v) is 22.7. The van der Waals surface area contributed by atoms with Gasteiger partial charge in [0.05, 0.1) is 0 Å². The summed E-state index contributed by atoms with van der Waals surface area (Å²) in [6.07, 6.45) is 0. The Morgan fingerprint density at radius 1 is 0.167 bits per heavy atom. The van der Waals surface area contributed by atoms with Crippen LogP contribution in [0.15, 0.2) is 364 Å². The lowest BCUT2D eigenvalue weighted by molar-refractivity contribution is 1.21. The maximum atomic E-state index is 2.34. The highest BCUT2D eigenvalue weighted by Gasteiger charge is 2.17. The minimum absolute atomic E-state index is 1.11. The first-order valence-electron chi connectivity index (χ1n) is 30.7. The second kappa shape index (κ2) is 25.7.